The number of nitrogens with zero attached hydrogens (tertiary/aromatic N) is 3. The van der Waals surface area contributed by atoms with Gasteiger partial charge in [0.2, 0.25) is 5.88 Å². The molecule has 0 aliphatic rings. The van der Waals surface area contributed by atoms with E-state index in [0.717, 1.165) is 11.3 Å². The molecule has 0 bridgehead atoms. The molecule has 100 valence electrons. The van der Waals surface area contributed by atoms with Crippen LogP contribution >= 0.6 is 0 Å². The van der Waals surface area contributed by atoms with Gasteiger partial charge in [0.05, 0.1) is 18.4 Å². The molecule has 6 heteroatoms. The zero-order valence-corrected chi connectivity index (χ0v) is 10.8. The topological polar surface area (TPSA) is 87.1 Å². The molecule has 0 spiro atoms. The summed E-state index contributed by atoms with van der Waals surface area (Å²) in [5, 5.41) is 4.02. The van der Waals surface area contributed by atoms with E-state index in [-0.39, 0.29) is 5.88 Å². The molecule has 0 radical (unpaired) electrons. The van der Waals surface area contributed by atoms with Crippen molar-refractivity contribution in [1.29, 1.82) is 0 Å². The standard InChI is InChI=1S/C14H12N4O2/c1-19-10-4-2-9(3-5-10)13-12(14(15)20-18-13)11-6-7-16-8-17-11/h2-8H,15H2,1H3. The number of benzene rings is 1. The summed E-state index contributed by atoms with van der Waals surface area (Å²) >= 11 is 0. The Morgan fingerprint density at radius 3 is 2.60 bits per heavy atom. The predicted molar refractivity (Wildman–Crippen MR) is 73.9 cm³/mol. The van der Waals surface area contributed by atoms with Crippen molar-refractivity contribution in [2.75, 3.05) is 12.8 Å². The fourth-order valence-electron chi connectivity index (χ4n) is 1.93. The highest BCUT2D eigenvalue weighted by molar-refractivity contribution is 5.85. The number of rotatable bonds is 3. The Hall–Kier alpha value is -2.89. The second-order valence-electron chi connectivity index (χ2n) is 4.09. The molecule has 1 aromatic carbocycles. The van der Waals surface area contributed by atoms with Gasteiger partial charge in [0.15, 0.2) is 0 Å². The van der Waals surface area contributed by atoms with Crippen LogP contribution in [0.25, 0.3) is 22.5 Å². The summed E-state index contributed by atoms with van der Waals surface area (Å²) in [6.07, 6.45) is 3.10. The molecule has 20 heavy (non-hydrogen) atoms. The molecule has 0 aliphatic carbocycles. The predicted octanol–water partition coefficient (Wildman–Crippen LogP) is 2.39. The van der Waals surface area contributed by atoms with E-state index in [9.17, 15) is 0 Å². The molecule has 3 rings (SSSR count). The lowest BCUT2D eigenvalue weighted by Gasteiger charge is -2.03. The molecular weight excluding hydrogens is 256 g/mol. The van der Waals surface area contributed by atoms with Crippen molar-refractivity contribution >= 4 is 5.88 Å². The molecule has 2 N–H and O–H groups in total. The monoisotopic (exact) mass is 268 g/mol. The Morgan fingerprint density at radius 2 is 1.95 bits per heavy atom. The van der Waals surface area contributed by atoms with Gasteiger partial charge in [-0.1, -0.05) is 5.16 Å². The van der Waals surface area contributed by atoms with Gasteiger partial charge in [-0.2, -0.15) is 0 Å². The molecule has 0 amide bonds. The zero-order valence-electron chi connectivity index (χ0n) is 10.8. The third-order valence-corrected chi connectivity index (χ3v) is 2.92. The Balaban J connectivity index is 2.11. The van der Waals surface area contributed by atoms with Crippen molar-refractivity contribution in [3.63, 3.8) is 0 Å². The fourth-order valence-corrected chi connectivity index (χ4v) is 1.93. The minimum Gasteiger partial charge on any atom is -0.497 e. The first-order valence-corrected chi connectivity index (χ1v) is 5.95. The van der Waals surface area contributed by atoms with Crippen LogP contribution in [0.15, 0.2) is 47.4 Å². The molecule has 3 aromatic rings. The van der Waals surface area contributed by atoms with E-state index in [4.69, 9.17) is 15.0 Å². The van der Waals surface area contributed by atoms with Gasteiger partial charge in [-0.3, -0.25) is 0 Å². The maximum Gasteiger partial charge on any atom is 0.232 e. The summed E-state index contributed by atoms with van der Waals surface area (Å²) in [6.45, 7) is 0. The van der Waals surface area contributed by atoms with Gasteiger partial charge in [0.25, 0.3) is 0 Å². The lowest BCUT2D eigenvalue weighted by Crippen LogP contribution is -1.91. The number of nitrogen functional groups attached to an aromatic ring is 1. The van der Waals surface area contributed by atoms with Crippen LogP contribution in [0.2, 0.25) is 0 Å². The second kappa shape index (κ2) is 5.00. The third kappa shape index (κ3) is 2.07. The second-order valence-corrected chi connectivity index (χ2v) is 4.09. The van der Waals surface area contributed by atoms with E-state index in [1.54, 1.807) is 19.4 Å². The number of aromatic nitrogens is 3. The van der Waals surface area contributed by atoms with Crippen molar-refractivity contribution in [2.24, 2.45) is 0 Å². The lowest BCUT2D eigenvalue weighted by molar-refractivity contribution is 0.415. The summed E-state index contributed by atoms with van der Waals surface area (Å²) in [5.74, 6) is 1.00. The van der Waals surface area contributed by atoms with E-state index in [1.807, 2.05) is 24.3 Å². The summed E-state index contributed by atoms with van der Waals surface area (Å²) in [4.78, 5) is 8.08. The first-order chi connectivity index (χ1) is 9.79. The Morgan fingerprint density at radius 1 is 1.15 bits per heavy atom. The zero-order chi connectivity index (χ0) is 13.9. The Kier molecular flexibility index (Phi) is 3.04. The van der Waals surface area contributed by atoms with Crippen molar-refractivity contribution in [1.82, 2.24) is 15.1 Å². The van der Waals surface area contributed by atoms with Crippen LogP contribution in [-0.2, 0) is 0 Å². The van der Waals surface area contributed by atoms with Gasteiger partial charge in [0.1, 0.15) is 17.8 Å². The number of nitrogens with two attached hydrogens (primary N) is 1. The van der Waals surface area contributed by atoms with Crippen LogP contribution in [0, 0.1) is 0 Å². The van der Waals surface area contributed by atoms with Gasteiger partial charge in [-0.05, 0) is 30.3 Å². The summed E-state index contributed by atoms with van der Waals surface area (Å²) in [7, 11) is 1.62. The van der Waals surface area contributed by atoms with E-state index < -0.39 is 0 Å². The lowest BCUT2D eigenvalue weighted by atomic mass is 10.1. The van der Waals surface area contributed by atoms with Crippen LogP contribution in [0.1, 0.15) is 0 Å². The van der Waals surface area contributed by atoms with Gasteiger partial charge in [0, 0.05) is 11.8 Å². The van der Waals surface area contributed by atoms with Gasteiger partial charge in [-0.25, -0.2) is 9.97 Å². The third-order valence-electron chi connectivity index (χ3n) is 2.92. The first kappa shape index (κ1) is 12.2. The highest BCUT2D eigenvalue weighted by atomic mass is 16.5. The van der Waals surface area contributed by atoms with Gasteiger partial charge in [-0.15, -0.1) is 0 Å². The van der Waals surface area contributed by atoms with Crippen molar-refractivity contribution in [2.45, 2.75) is 0 Å². The molecule has 0 aliphatic heterocycles. The molecule has 0 unspecified atom stereocenters. The molecule has 0 saturated carbocycles. The number of hydrogen-bond acceptors (Lipinski definition) is 6. The summed E-state index contributed by atoms with van der Waals surface area (Å²) in [6, 6.07) is 9.24. The number of methoxy groups -OCH3 is 1. The summed E-state index contributed by atoms with van der Waals surface area (Å²) < 4.78 is 10.2. The number of anilines is 1. The minimum absolute atomic E-state index is 0.231. The van der Waals surface area contributed by atoms with Crippen molar-refractivity contribution < 1.29 is 9.26 Å². The highest BCUT2D eigenvalue weighted by Crippen LogP contribution is 2.35. The normalized spacial score (nSPS) is 10.4. The fraction of sp³-hybridized carbons (Fsp3) is 0.0714. The van der Waals surface area contributed by atoms with Crippen LogP contribution in [0.3, 0.4) is 0 Å². The van der Waals surface area contributed by atoms with Crippen molar-refractivity contribution in [3.8, 4) is 28.3 Å². The van der Waals surface area contributed by atoms with E-state index >= 15 is 0 Å². The highest BCUT2D eigenvalue weighted by Gasteiger charge is 2.18. The SMILES string of the molecule is COc1ccc(-c2noc(N)c2-c2ccncn2)cc1. The minimum atomic E-state index is 0.231. The number of ether oxygens (including phenoxy) is 1. The summed E-state index contributed by atoms with van der Waals surface area (Å²) in [5.41, 5.74) is 8.71. The Labute approximate surface area is 115 Å². The molecule has 2 heterocycles. The average Bonchev–Trinajstić information content (AvgIpc) is 2.90. The Bertz CT molecular complexity index is 708. The van der Waals surface area contributed by atoms with Crippen LogP contribution < -0.4 is 10.5 Å². The van der Waals surface area contributed by atoms with Crippen molar-refractivity contribution in [3.05, 3.63) is 42.9 Å². The largest absolute Gasteiger partial charge is 0.497 e. The maximum absolute atomic E-state index is 5.85. The molecule has 0 saturated heterocycles. The number of hydrogen-bond donors (Lipinski definition) is 1. The molecule has 0 atom stereocenters. The molecule has 2 aromatic heterocycles. The van der Waals surface area contributed by atoms with Crippen LogP contribution in [-0.4, -0.2) is 22.2 Å². The van der Waals surface area contributed by atoms with Crippen LogP contribution in [0.5, 0.6) is 5.75 Å². The van der Waals surface area contributed by atoms with Gasteiger partial charge >= 0.3 is 0 Å². The quantitative estimate of drug-likeness (QED) is 0.784. The first-order valence-electron chi connectivity index (χ1n) is 5.95. The smallest absolute Gasteiger partial charge is 0.232 e. The molecule has 0 fully saturated rings. The van der Waals surface area contributed by atoms with Crippen LogP contribution in [0.4, 0.5) is 5.88 Å². The van der Waals surface area contributed by atoms with Gasteiger partial charge < -0.3 is 15.0 Å². The average molecular weight is 268 g/mol. The van der Waals surface area contributed by atoms with E-state index in [1.165, 1.54) is 6.33 Å². The maximum atomic E-state index is 5.85. The van der Waals surface area contributed by atoms with E-state index in [0.29, 0.717) is 17.0 Å². The molecule has 6 nitrogen and oxygen atoms in total. The molecular formula is C14H12N4O2. The van der Waals surface area contributed by atoms with E-state index in [2.05, 4.69) is 15.1 Å².